The zero-order valence-corrected chi connectivity index (χ0v) is 19.2. The van der Waals surface area contributed by atoms with Crippen molar-refractivity contribution in [1.82, 2.24) is 25.6 Å². The summed E-state index contributed by atoms with van der Waals surface area (Å²) in [5, 5.41) is 29.5. The van der Waals surface area contributed by atoms with Crippen LogP contribution in [0.25, 0.3) is 22.3 Å². The molecule has 36 heavy (non-hydrogen) atoms. The number of carbonyl (C=O) groups is 2. The Balaban J connectivity index is 1.39. The number of aromatic nitrogens is 5. The van der Waals surface area contributed by atoms with Crippen LogP contribution in [0.5, 0.6) is 0 Å². The Labute approximate surface area is 205 Å². The fourth-order valence-corrected chi connectivity index (χ4v) is 3.94. The normalized spacial score (nSPS) is 10.7. The Bertz CT molecular complexity index is 1630. The molecular weight excluding hydrogens is 456 g/mol. The monoisotopic (exact) mass is 476 g/mol. The number of H-pyrrole nitrogens is 2. The number of hydrogen-bond donors (Lipinski definition) is 4. The number of tetrazole rings is 1. The first-order chi connectivity index (χ1) is 17.5. The number of para-hydroxylation sites is 1. The number of anilines is 2. The molecule has 0 saturated carbocycles. The summed E-state index contributed by atoms with van der Waals surface area (Å²) < 4.78 is 0. The summed E-state index contributed by atoms with van der Waals surface area (Å²) in [4.78, 5) is 28.9. The van der Waals surface area contributed by atoms with Crippen molar-refractivity contribution in [1.29, 1.82) is 5.26 Å². The first-order valence-electron chi connectivity index (χ1n) is 11.1. The minimum atomic E-state index is -0.401. The maximum atomic E-state index is 13.1. The smallest absolute Gasteiger partial charge is 0.272 e. The van der Waals surface area contributed by atoms with Crippen molar-refractivity contribution < 1.29 is 9.59 Å². The van der Waals surface area contributed by atoms with Crippen LogP contribution in [-0.4, -0.2) is 37.4 Å². The number of aryl methyl sites for hydroxylation is 1. The largest absolute Gasteiger partial charge is 0.349 e. The molecule has 0 saturated heterocycles. The number of carbonyl (C=O) groups excluding carboxylic acids is 2. The third-order valence-corrected chi connectivity index (χ3v) is 5.78. The van der Waals surface area contributed by atoms with Gasteiger partial charge in [-0.25, -0.2) is 5.10 Å². The summed E-state index contributed by atoms with van der Waals surface area (Å²) in [7, 11) is 0. The molecule has 0 spiro atoms. The summed E-state index contributed by atoms with van der Waals surface area (Å²) >= 11 is 0. The Morgan fingerprint density at radius 1 is 1.00 bits per heavy atom. The molecule has 0 aliphatic rings. The molecule has 0 bridgehead atoms. The van der Waals surface area contributed by atoms with Crippen molar-refractivity contribution in [3.8, 4) is 17.5 Å². The van der Waals surface area contributed by atoms with E-state index >= 15 is 0 Å². The molecule has 0 aliphatic carbocycles. The van der Waals surface area contributed by atoms with Crippen molar-refractivity contribution in [2.75, 3.05) is 10.6 Å². The number of benzene rings is 3. The van der Waals surface area contributed by atoms with E-state index in [9.17, 15) is 14.9 Å². The molecule has 5 rings (SSSR count). The van der Waals surface area contributed by atoms with Gasteiger partial charge in [0.1, 0.15) is 5.69 Å². The number of nitrogens with one attached hydrogen (secondary N) is 4. The average Bonchev–Trinajstić information content (AvgIpc) is 3.57. The van der Waals surface area contributed by atoms with Gasteiger partial charge in [-0.05, 0) is 58.8 Å². The molecule has 3 aromatic carbocycles. The number of aromatic amines is 2. The molecular formula is C26H20N8O2. The van der Waals surface area contributed by atoms with Gasteiger partial charge >= 0.3 is 0 Å². The highest BCUT2D eigenvalue weighted by Crippen LogP contribution is 2.28. The molecule has 5 aromatic rings. The topological polar surface area (TPSA) is 152 Å². The lowest BCUT2D eigenvalue weighted by molar-refractivity contribution is -0.115. The van der Waals surface area contributed by atoms with Crippen LogP contribution in [0.4, 0.5) is 11.4 Å². The van der Waals surface area contributed by atoms with E-state index in [1.165, 1.54) is 0 Å². The molecule has 2 aromatic heterocycles. The standard InChI is InChI=1S/C26H20N8O2/c1-15-5-2-3-6-17(15)13-23(35)28-21-8-4-7-18-12-22(29-24(18)21)26(36)30-20-10-9-16(14-27)11-19(20)25-31-33-34-32-25/h2-12,29H,13H2,1H3,(H,28,35)(H,30,36)(H,31,32,33,34). The number of nitriles is 1. The zero-order valence-electron chi connectivity index (χ0n) is 19.2. The van der Waals surface area contributed by atoms with E-state index in [0.717, 1.165) is 16.5 Å². The van der Waals surface area contributed by atoms with Crippen LogP contribution in [-0.2, 0) is 11.2 Å². The molecule has 0 unspecified atom stereocenters. The third-order valence-electron chi connectivity index (χ3n) is 5.78. The Kier molecular flexibility index (Phi) is 5.95. The van der Waals surface area contributed by atoms with Gasteiger partial charge in [0.05, 0.1) is 34.9 Å². The highest BCUT2D eigenvalue weighted by Gasteiger charge is 2.17. The lowest BCUT2D eigenvalue weighted by Crippen LogP contribution is -2.15. The number of nitrogens with zero attached hydrogens (tertiary/aromatic N) is 4. The van der Waals surface area contributed by atoms with Crippen LogP contribution < -0.4 is 10.6 Å². The molecule has 10 nitrogen and oxygen atoms in total. The predicted molar refractivity (Wildman–Crippen MR) is 134 cm³/mol. The van der Waals surface area contributed by atoms with Gasteiger partial charge in [-0.1, -0.05) is 36.4 Å². The minimum Gasteiger partial charge on any atom is -0.349 e. The number of fused-ring (bicyclic) bond motifs is 1. The Morgan fingerprint density at radius 3 is 2.64 bits per heavy atom. The summed E-state index contributed by atoms with van der Waals surface area (Å²) in [5.41, 5.74) is 4.84. The second-order valence-electron chi connectivity index (χ2n) is 8.18. The summed E-state index contributed by atoms with van der Waals surface area (Å²) in [6.45, 7) is 1.97. The summed E-state index contributed by atoms with van der Waals surface area (Å²) in [5.74, 6) is -0.236. The molecule has 2 amide bonds. The van der Waals surface area contributed by atoms with E-state index in [-0.39, 0.29) is 12.3 Å². The van der Waals surface area contributed by atoms with Crippen LogP contribution >= 0.6 is 0 Å². The lowest BCUT2D eigenvalue weighted by atomic mass is 10.1. The van der Waals surface area contributed by atoms with Crippen molar-refractivity contribution in [2.45, 2.75) is 13.3 Å². The number of rotatable bonds is 6. The van der Waals surface area contributed by atoms with Crippen molar-refractivity contribution in [2.24, 2.45) is 0 Å². The minimum absolute atomic E-state index is 0.153. The zero-order chi connectivity index (χ0) is 25.1. The molecule has 0 radical (unpaired) electrons. The predicted octanol–water partition coefficient (Wildman–Crippen LogP) is 3.96. The highest BCUT2D eigenvalue weighted by molar-refractivity contribution is 6.09. The fourth-order valence-electron chi connectivity index (χ4n) is 3.94. The third kappa shape index (κ3) is 4.53. The second-order valence-corrected chi connectivity index (χ2v) is 8.18. The van der Waals surface area contributed by atoms with Crippen molar-refractivity contribution in [3.63, 3.8) is 0 Å². The van der Waals surface area contributed by atoms with Gasteiger partial charge in [0.2, 0.25) is 5.91 Å². The van der Waals surface area contributed by atoms with Gasteiger partial charge in [-0.2, -0.15) is 5.26 Å². The van der Waals surface area contributed by atoms with E-state index in [0.29, 0.717) is 39.5 Å². The molecule has 0 atom stereocenters. The molecule has 4 N–H and O–H groups in total. The molecule has 10 heteroatoms. The van der Waals surface area contributed by atoms with Crippen LogP contribution in [0.1, 0.15) is 27.2 Å². The number of amides is 2. The van der Waals surface area contributed by atoms with Crippen LogP contribution in [0, 0.1) is 18.3 Å². The fraction of sp³-hybridized carbons (Fsp3) is 0.0769. The SMILES string of the molecule is Cc1ccccc1CC(=O)Nc1cccc2cc(C(=O)Nc3ccc(C#N)cc3-c3nnn[nH]3)[nH]c12. The summed E-state index contributed by atoms with van der Waals surface area (Å²) in [6, 6.07) is 21.8. The average molecular weight is 477 g/mol. The quantitative estimate of drug-likeness (QED) is 0.291. The first-order valence-corrected chi connectivity index (χ1v) is 11.1. The maximum Gasteiger partial charge on any atom is 0.272 e. The van der Waals surface area contributed by atoms with E-state index in [1.54, 1.807) is 30.3 Å². The highest BCUT2D eigenvalue weighted by atomic mass is 16.2. The van der Waals surface area contributed by atoms with Crippen LogP contribution in [0.3, 0.4) is 0 Å². The summed E-state index contributed by atoms with van der Waals surface area (Å²) in [6.07, 6.45) is 0.245. The van der Waals surface area contributed by atoms with Gasteiger partial charge in [-0.3, -0.25) is 9.59 Å². The van der Waals surface area contributed by atoms with Gasteiger partial charge in [0.15, 0.2) is 5.82 Å². The van der Waals surface area contributed by atoms with Crippen LogP contribution in [0.15, 0.2) is 66.7 Å². The van der Waals surface area contributed by atoms with E-state index in [2.05, 4.69) is 42.3 Å². The molecule has 0 aliphatic heterocycles. The van der Waals surface area contributed by atoms with E-state index < -0.39 is 5.91 Å². The first kappa shape index (κ1) is 22.5. The Morgan fingerprint density at radius 2 is 1.86 bits per heavy atom. The van der Waals surface area contributed by atoms with Crippen molar-refractivity contribution >= 4 is 34.1 Å². The van der Waals surface area contributed by atoms with E-state index in [1.807, 2.05) is 43.3 Å². The van der Waals surface area contributed by atoms with Gasteiger partial charge < -0.3 is 15.6 Å². The molecule has 0 fully saturated rings. The second kappa shape index (κ2) is 9.52. The maximum absolute atomic E-state index is 13.1. The van der Waals surface area contributed by atoms with Gasteiger partial charge in [0.25, 0.3) is 5.91 Å². The van der Waals surface area contributed by atoms with Gasteiger partial charge in [0, 0.05) is 10.9 Å². The molecule has 2 heterocycles. The van der Waals surface area contributed by atoms with E-state index in [4.69, 9.17) is 0 Å². The number of hydrogen-bond acceptors (Lipinski definition) is 6. The van der Waals surface area contributed by atoms with Gasteiger partial charge in [-0.15, -0.1) is 5.10 Å². The molecule has 176 valence electrons. The van der Waals surface area contributed by atoms with Crippen LogP contribution in [0.2, 0.25) is 0 Å². The Hall–Kier alpha value is -5.30. The lowest BCUT2D eigenvalue weighted by Gasteiger charge is -2.09. The van der Waals surface area contributed by atoms with Crippen molar-refractivity contribution in [3.05, 3.63) is 89.1 Å².